The first kappa shape index (κ1) is 21.3. The Hall–Kier alpha value is -3.40. The minimum Gasteiger partial charge on any atom is -0.493 e. The predicted molar refractivity (Wildman–Crippen MR) is 115 cm³/mol. The van der Waals surface area contributed by atoms with E-state index < -0.39 is 4.92 Å². The number of hydrogen-bond donors (Lipinski definition) is 1. The highest BCUT2D eigenvalue weighted by Gasteiger charge is 2.17. The number of ether oxygens (including phenoxy) is 1. The van der Waals surface area contributed by atoms with Crippen LogP contribution in [-0.4, -0.2) is 38.0 Å². The number of carbonyl (C=O) groups is 1. The summed E-state index contributed by atoms with van der Waals surface area (Å²) < 4.78 is 7.61. The van der Waals surface area contributed by atoms with Crippen LogP contribution in [0.5, 0.6) is 5.75 Å². The minimum atomic E-state index is -0.504. The van der Waals surface area contributed by atoms with E-state index in [0.717, 1.165) is 11.3 Å². The van der Waals surface area contributed by atoms with Crippen molar-refractivity contribution < 1.29 is 14.5 Å². The van der Waals surface area contributed by atoms with Gasteiger partial charge in [0.25, 0.3) is 5.69 Å². The van der Waals surface area contributed by atoms with Crippen LogP contribution < -0.4 is 10.1 Å². The SMILES string of the molecule is CCOc1ccccc1-c1nnc(SCC(=O)Nc2cccc([N+](=O)[O-])c2)n1CC. The van der Waals surface area contributed by atoms with Gasteiger partial charge in [0.1, 0.15) is 5.75 Å². The van der Waals surface area contributed by atoms with E-state index in [9.17, 15) is 14.9 Å². The van der Waals surface area contributed by atoms with E-state index in [1.165, 1.54) is 30.0 Å². The zero-order chi connectivity index (χ0) is 21.5. The van der Waals surface area contributed by atoms with Crippen molar-refractivity contribution in [3.63, 3.8) is 0 Å². The monoisotopic (exact) mass is 427 g/mol. The van der Waals surface area contributed by atoms with Crippen molar-refractivity contribution >= 4 is 29.0 Å². The van der Waals surface area contributed by atoms with Crippen LogP contribution in [0, 0.1) is 10.1 Å². The Morgan fingerprint density at radius 3 is 2.73 bits per heavy atom. The summed E-state index contributed by atoms with van der Waals surface area (Å²) in [5, 5.41) is 22.7. The summed E-state index contributed by atoms with van der Waals surface area (Å²) in [6.07, 6.45) is 0. The Morgan fingerprint density at radius 2 is 2.00 bits per heavy atom. The number of para-hydroxylation sites is 1. The molecule has 10 heteroatoms. The Bertz CT molecular complexity index is 1050. The van der Waals surface area contributed by atoms with Gasteiger partial charge in [-0.15, -0.1) is 10.2 Å². The van der Waals surface area contributed by atoms with Crippen LogP contribution in [0.2, 0.25) is 0 Å². The molecule has 156 valence electrons. The molecule has 0 saturated heterocycles. The maximum absolute atomic E-state index is 12.3. The number of aromatic nitrogens is 3. The molecule has 3 rings (SSSR count). The lowest BCUT2D eigenvalue weighted by Crippen LogP contribution is -2.14. The average Bonchev–Trinajstić information content (AvgIpc) is 3.16. The molecule has 9 nitrogen and oxygen atoms in total. The zero-order valence-electron chi connectivity index (χ0n) is 16.6. The normalized spacial score (nSPS) is 10.6. The van der Waals surface area contributed by atoms with Gasteiger partial charge in [-0.1, -0.05) is 30.0 Å². The van der Waals surface area contributed by atoms with Crippen LogP contribution in [-0.2, 0) is 11.3 Å². The fourth-order valence-electron chi connectivity index (χ4n) is 2.84. The number of amides is 1. The molecule has 1 heterocycles. The number of hydrogen-bond acceptors (Lipinski definition) is 7. The molecule has 2 aromatic carbocycles. The number of anilines is 1. The van der Waals surface area contributed by atoms with E-state index in [0.29, 0.717) is 29.8 Å². The number of nitrogens with one attached hydrogen (secondary N) is 1. The van der Waals surface area contributed by atoms with Crippen LogP contribution in [0.4, 0.5) is 11.4 Å². The number of benzene rings is 2. The van der Waals surface area contributed by atoms with Crippen molar-refractivity contribution in [2.75, 3.05) is 17.7 Å². The van der Waals surface area contributed by atoms with Crippen molar-refractivity contribution in [2.24, 2.45) is 0 Å². The molecule has 1 N–H and O–H groups in total. The Kier molecular flexibility index (Phi) is 7.02. The molecule has 0 bridgehead atoms. The van der Waals surface area contributed by atoms with Gasteiger partial charge < -0.3 is 14.6 Å². The van der Waals surface area contributed by atoms with Gasteiger partial charge in [-0.2, -0.15) is 0 Å². The third-order valence-electron chi connectivity index (χ3n) is 4.13. The summed E-state index contributed by atoms with van der Waals surface area (Å²) in [7, 11) is 0. The topological polar surface area (TPSA) is 112 Å². The van der Waals surface area contributed by atoms with E-state index >= 15 is 0 Å². The Labute approximate surface area is 177 Å². The van der Waals surface area contributed by atoms with Crippen LogP contribution >= 0.6 is 11.8 Å². The number of carbonyl (C=O) groups excluding carboxylic acids is 1. The van der Waals surface area contributed by atoms with Crippen molar-refractivity contribution in [2.45, 2.75) is 25.5 Å². The highest BCUT2D eigenvalue weighted by Crippen LogP contribution is 2.31. The third-order valence-corrected chi connectivity index (χ3v) is 5.10. The summed E-state index contributed by atoms with van der Waals surface area (Å²) in [6, 6.07) is 13.4. The van der Waals surface area contributed by atoms with Crippen LogP contribution in [0.15, 0.2) is 53.7 Å². The molecule has 0 aliphatic carbocycles. The average molecular weight is 427 g/mol. The molecular weight excluding hydrogens is 406 g/mol. The van der Waals surface area contributed by atoms with Gasteiger partial charge in [-0.25, -0.2) is 0 Å². The highest BCUT2D eigenvalue weighted by atomic mass is 32.2. The quantitative estimate of drug-likeness (QED) is 0.312. The number of rotatable bonds is 9. The van der Waals surface area contributed by atoms with Crippen molar-refractivity contribution in [1.82, 2.24) is 14.8 Å². The molecule has 3 aromatic rings. The first-order chi connectivity index (χ1) is 14.5. The van der Waals surface area contributed by atoms with Crippen molar-refractivity contribution in [1.29, 1.82) is 0 Å². The lowest BCUT2D eigenvalue weighted by molar-refractivity contribution is -0.384. The molecule has 1 amide bonds. The summed E-state index contributed by atoms with van der Waals surface area (Å²) in [5.74, 6) is 1.20. The van der Waals surface area contributed by atoms with Gasteiger partial charge in [0.05, 0.1) is 22.8 Å². The second-order valence-corrected chi connectivity index (χ2v) is 7.07. The molecule has 0 aliphatic rings. The van der Waals surface area contributed by atoms with Gasteiger partial charge in [0.2, 0.25) is 5.91 Å². The standard InChI is InChI=1S/C20H21N5O4S/c1-3-24-19(16-10-5-6-11-17(16)29-4-2)22-23-20(24)30-13-18(26)21-14-8-7-9-15(12-14)25(27)28/h5-12H,3-4,13H2,1-2H3,(H,21,26). The number of non-ortho nitro benzene ring substituents is 1. The van der Waals surface area contributed by atoms with Gasteiger partial charge >= 0.3 is 0 Å². The van der Waals surface area contributed by atoms with Crippen molar-refractivity contribution in [3.8, 4) is 17.1 Å². The molecule has 0 saturated carbocycles. The minimum absolute atomic E-state index is 0.0798. The molecule has 30 heavy (non-hydrogen) atoms. The molecule has 0 aliphatic heterocycles. The first-order valence-electron chi connectivity index (χ1n) is 9.36. The van der Waals surface area contributed by atoms with Gasteiger partial charge in [0, 0.05) is 24.4 Å². The molecule has 0 spiro atoms. The Morgan fingerprint density at radius 1 is 1.20 bits per heavy atom. The second-order valence-electron chi connectivity index (χ2n) is 6.12. The van der Waals surface area contributed by atoms with E-state index in [-0.39, 0.29) is 17.3 Å². The fraction of sp³-hybridized carbons (Fsp3) is 0.250. The fourth-order valence-corrected chi connectivity index (χ4v) is 3.64. The molecule has 1 aromatic heterocycles. The van der Waals surface area contributed by atoms with E-state index in [2.05, 4.69) is 15.5 Å². The maximum Gasteiger partial charge on any atom is 0.271 e. The molecular formula is C20H21N5O4S. The van der Waals surface area contributed by atoms with Gasteiger partial charge in [0.15, 0.2) is 11.0 Å². The molecule has 0 radical (unpaired) electrons. The third kappa shape index (κ3) is 4.95. The number of nitrogens with zero attached hydrogens (tertiary/aromatic N) is 4. The zero-order valence-corrected chi connectivity index (χ0v) is 17.4. The Balaban J connectivity index is 1.72. The van der Waals surface area contributed by atoms with Crippen molar-refractivity contribution in [3.05, 3.63) is 58.6 Å². The summed E-state index contributed by atoms with van der Waals surface area (Å²) in [6.45, 7) is 5.06. The predicted octanol–water partition coefficient (Wildman–Crippen LogP) is 4.00. The van der Waals surface area contributed by atoms with E-state index in [1.54, 1.807) is 6.07 Å². The highest BCUT2D eigenvalue weighted by molar-refractivity contribution is 7.99. The van der Waals surface area contributed by atoms with Gasteiger partial charge in [-0.05, 0) is 32.0 Å². The first-order valence-corrected chi connectivity index (χ1v) is 10.3. The number of thioether (sulfide) groups is 1. The number of nitro benzene ring substituents is 1. The largest absolute Gasteiger partial charge is 0.493 e. The molecule has 0 fully saturated rings. The second kappa shape index (κ2) is 9.88. The summed E-state index contributed by atoms with van der Waals surface area (Å²) in [5.41, 5.74) is 1.13. The smallest absolute Gasteiger partial charge is 0.271 e. The van der Waals surface area contributed by atoms with Crippen LogP contribution in [0.3, 0.4) is 0 Å². The lowest BCUT2D eigenvalue weighted by Gasteiger charge is -2.11. The molecule has 0 unspecified atom stereocenters. The van der Waals surface area contributed by atoms with Gasteiger partial charge in [-0.3, -0.25) is 14.9 Å². The van der Waals surface area contributed by atoms with Crippen LogP contribution in [0.25, 0.3) is 11.4 Å². The van der Waals surface area contributed by atoms with E-state index in [1.807, 2.05) is 42.7 Å². The summed E-state index contributed by atoms with van der Waals surface area (Å²) >= 11 is 1.25. The maximum atomic E-state index is 12.3. The lowest BCUT2D eigenvalue weighted by atomic mass is 10.2. The van der Waals surface area contributed by atoms with Crippen LogP contribution in [0.1, 0.15) is 13.8 Å². The van der Waals surface area contributed by atoms with E-state index in [4.69, 9.17) is 4.74 Å². The summed E-state index contributed by atoms with van der Waals surface area (Å²) in [4.78, 5) is 22.7. The number of nitro groups is 1. The molecule has 0 atom stereocenters.